The molecule has 0 saturated carbocycles. The fourth-order valence-electron chi connectivity index (χ4n) is 10.4. The van der Waals surface area contributed by atoms with Gasteiger partial charge in [-0.1, -0.05) is 148 Å². The Bertz CT molecular complexity index is 2760. The first kappa shape index (κ1) is 46.3. The molecule has 7 rings (SSSR count). The molecule has 0 radical (unpaired) electrons. The molecule has 64 heavy (non-hydrogen) atoms. The Morgan fingerprint density at radius 2 is 1.45 bits per heavy atom. The van der Waals surface area contributed by atoms with Crippen molar-refractivity contribution >= 4 is 31.5 Å². The smallest absolute Gasteiger partial charge is 0.258 e. The van der Waals surface area contributed by atoms with Gasteiger partial charge < -0.3 is 0 Å². The molecule has 330 valence electrons. The Morgan fingerprint density at radius 1 is 0.844 bits per heavy atom. The van der Waals surface area contributed by atoms with Gasteiger partial charge >= 0.3 is 5.82 Å². The number of fused-ring (bicyclic) bond motifs is 5. The zero-order valence-electron chi connectivity index (χ0n) is 40.9. The second-order valence-electron chi connectivity index (χ2n) is 20.3. The summed E-state index contributed by atoms with van der Waals surface area (Å²) in [4.78, 5) is 4.77. The van der Waals surface area contributed by atoms with Crippen molar-refractivity contribution in [2.45, 2.75) is 119 Å². The number of nitrogens with zero attached hydrogens (tertiary/aromatic N) is 4. The highest BCUT2D eigenvalue weighted by Crippen LogP contribution is 2.48. The lowest BCUT2D eigenvalue weighted by Gasteiger charge is -2.38. The molecule has 1 aliphatic heterocycles. The van der Waals surface area contributed by atoms with Crippen LogP contribution in [0, 0.1) is 25.2 Å². The lowest BCUT2D eigenvalue weighted by atomic mass is 9.67. The number of imidazole rings is 1. The summed E-state index contributed by atoms with van der Waals surface area (Å²) in [5.74, 6) is 1.79. The second kappa shape index (κ2) is 18.4. The monoisotopic (exact) mass is 865 g/mol. The summed E-state index contributed by atoms with van der Waals surface area (Å²) in [6.07, 6.45) is 11.6. The normalized spacial score (nSPS) is 17.6. The molecule has 3 unspecified atom stereocenters. The molecule has 0 spiro atoms. The molecule has 6 aromatic rings. The summed E-state index contributed by atoms with van der Waals surface area (Å²) in [5, 5.41) is 1.50. The first-order valence-electron chi connectivity index (χ1n) is 23.6. The zero-order chi connectivity index (χ0) is 46.2. The molecule has 5 heteroatoms. The van der Waals surface area contributed by atoms with Gasteiger partial charge in [-0.15, -0.1) is 0 Å². The van der Waals surface area contributed by atoms with Crippen LogP contribution in [0.2, 0.25) is 19.6 Å². The molecular formula is C59H72N4Si+2. The molecule has 4 aromatic carbocycles. The quantitative estimate of drug-likeness (QED) is 0.0521. The maximum Gasteiger partial charge on any atom is 0.300 e. The van der Waals surface area contributed by atoms with E-state index in [2.05, 4.69) is 218 Å². The van der Waals surface area contributed by atoms with Gasteiger partial charge in [-0.2, -0.15) is 9.13 Å². The van der Waals surface area contributed by atoms with E-state index in [4.69, 9.17) is 18.3 Å². The van der Waals surface area contributed by atoms with Gasteiger partial charge in [-0.05, 0) is 133 Å². The number of hydrogen-bond donors (Lipinski definition) is 0. The van der Waals surface area contributed by atoms with Gasteiger partial charge in [0.2, 0.25) is 6.04 Å². The molecular weight excluding hydrogens is 793 g/mol. The fourth-order valence-corrected chi connectivity index (χ4v) is 12.0. The number of aryl methyl sites for hydroxylation is 3. The molecule has 0 amide bonds. The topological polar surface area (TPSA) is 24.7 Å². The Labute approximate surface area is 386 Å². The van der Waals surface area contributed by atoms with Crippen molar-refractivity contribution in [1.29, 1.82) is 0 Å². The van der Waals surface area contributed by atoms with Gasteiger partial charge in [-0.25, -0.2) is 4.58 Å². The summed E-state index contributed by atoms with van der Waals surface area (Å²) in [6.45, 7) is 42.4. The SMILES string of the molecule is C=C/C=C\C(C)C1(C)CCc2ccc(-c3cc(C)nc(C)c3)cc2-c2n(c3ccccc3[n+]2-c2c(C(C)C)cc(-c3ccccc3)cc2C(C)C)C(=C)C1[N+](=C)/C=C(\CC)[Si](C)(C)C. The van der Waals surface area contributed by atoms with Crippen LogP contribution in [-0.4, -0.2) is 35.0 Å². The number of hydrogen-bond acceptors (Lipinski definition) is 1. The van der Waals surface area contributed by atoms with Crippen LogP contribution in [0.5, 0.6) is 0 Å². The lowest BCUT2D eigenvalue weighted by Crippen LogP contribution is -2.46. The molecule has 4 nitrogen and oxygen atoms in total. The number of allylic oxidation sites excluding steroid dienone is 4. The van der Waals surface area contributed by atoms with Gasteiger partial charge in [0.05, 0.1) is 13.6 Å². The van der Waals surface area contributed by atoms with Crippen molar-refractivity contribution in [3.63, 3.8) is 0 Å². The fraction of sp³-hybridized carbons (Fsp3) is 0.339. The van der Waals surface area contributed by atoms with Gasteiger partial charge in [0.15, 0.2) is 22.9 Å². The lowest BCUT2D eigenvalue weighted by molar-refractivity contribution is -0.557. The van der Waals surface area contributed by atoms with Crippen LogP contribution < -0.4 is 4.57 Å². The van der Waals surface area contributed by atoms with Gasteiger partial charge in [0.1, 0.15) is 12.4 Å². The maximum absolute atomic E-state index is 5.26. The van der Waals surface area contributed by atoms with Gasteiger partial charge in [0, 0.05) is 27.9 Å². The van der Waals surface area contributed by atoms with Crippen LogP contribution in [0.4, 0.5) is 0 Å². The minimum Gasteiger partial charge on any atom is -0.258 e. The van der Waals surface area contributed by atoms with Crippen LogP contribution >= 0.6 is 0 Å². The summed E-state index contributed by atoms with van der Waals surface area (Å²) < 4.78 is 7.46. The highest BCUT2D eigenvalue weighted by Gasteiger charge is 2.51. The molecule has 0 aliphatic carbocycles. The Morgan fingerprint density at radius 3 is 2.05 bits per heavy atom. The molecule has 3 atom stereocenters. The summed E-state index contributed by atoms with van der Waals surface area (Å²) in [5.41, 5.74) is 16.4. The van der Waals surface area contributed by atoms with Crippen molar-refractivity contribution in [2.24, 2.45) is 11.3 Å². The molecule has 1 aliphatic rings. The van der Waals surface area contributed by atoms with E-state index in [1.54, 1.807) is 0 Å². The van der Waals surface area contributed by atoms with E-state index in [9.17, 15) is 0 Å². The Balaban J connectivity index is 1.68. The van der Waals surface area contributed by atoms with Crippen molar-refractivity contribution in [3.8, 4) is 39.3 Å². The number of rotatable bonds is 12. The first-order chi connectivity index (χ1) is 30.4. The third kappa shape index (κ3) is 8.76. The Hall–Kier alpha value is -5.65. The van der Waals surface area contributed by atoms with Crippen LogP contribution in [0.3, 0.4) is 0 Å². The summed E-state index contributed by atoms with van der Waals surface area (Å²) in [6, 6.07) is 36.3. The standard InChI is InChI=1S/C59H72N4Si/c1-16-18-24-41(7)59(11)32-31-46-29-30-47(48-33-42(8)60-43(9)34-48)35-53(46)58-62(44(10)57(59)61(12)38-50(17-2)64(13,14)15)54-27-22-23-28-55(54)63(58)56-51(39(3)4)36-49(37-52(56)40(5)6)45-25-20-19-21-26-45/h16,18-30,33-41,57H,1,10,12,17,31-32H2,2-9,11,13-15H3/q+2/b24-18-,50-38+. The molecule has 2 aromatic heterocycles. The minimum atomic E-state index is -1.67. The zero-order valence-corrected chi connectivity index (χ0v) is 41.9. The predicted octanol–water partition coefficient (Wildman–Crippen LogP) is 15.2. The van der Waals surface area contributed by atoms with E-state index in [-0.39, 0.29) is 29.2 Å². The number of aromatic nitrogens is 3. The van der Waals surface area contributed by atoms with Crippen molar-refractivity contribution in [2.75, 3.05) is 0 Å². The average Bonchev–Trinajstić information content (AvgIpc) is 3.61. The third-order valence-electron chi connectivity index (χ3n) is 14.0. The van der Waals surface area contributed by atoms with Gasteiger partial charge in [0.25, 0.3) is 0 Å². The highest BCUT2D eigenvalue weighted by atomic mass is 28.3. The number of pyridine rings is 1. The Kier molecular flexibility index (Phi) is 13.4. The van der Waals surface area contributed by atoms with Gasteiger partial charge in [-0.3, -0.25) is 4.98 Å². The van der Waals surface area contributed by atoms with Crippen LogP contribution in [0.1, 0.15) is 101 Å². The van der Waals surface area contributed by atoms with Crippen LogP contribution in [0.15, 0.2) is 140 Å². The second-order valence-corrected chi connectivity index (χ2v) is 25.4. The van der Waals surface area contributed by atoms with Crippen molar-refractivity contribution < 1.29 is 9.14 Å². The minimum absolute atomic E-state index is 0.160. The molecule has 0 saturated heterocycles. The van der Waals surface area contributed by atoms with Crippen molar-refractivity contribution in [3.05, 3.63) is 168 Å². The highest BCUT2D eigenvalue weighted by molar-refractivity contribution is 6.83. The average molecular weight is 865 g/mol. The van der Waals surface area contributed by atoms with Crippen LogP contribution in [0.25, 0.3) is 56.1 Å². The third-order valence-corrected chi connectivity index (χ3v) is 16.4. The predicted molar refractivity (Wildman–Crippen MR) is 278 cm³/mol. The molecule has 3 heterocycles. The number of para-hydroxylation sites is 2. The summed E-state index contributed by atoms with van der Waals surface area (Å²) >= 11 is 0. The van der Waals surface area contributed by atoms with Crippen LogP contribution in [-0.2, 0) is 6.42 Å². The largest absolute Gasteiger partial charge is 0.300 e. The van der Waals surface area contributed by atoms with E-state index in [1.165, 1.54) is 55.4 Å². The van der Waals surface area contributed by atoms with E-state index >= 15 is 0 Å². The van der Waals surface area contributed by atoms with Crippen molar-refractivity contribution in [1.82, 2.24) is 9.55 Å². The molecule has 0 bridgehead atoms. The maximum atomic E-state index is 5.26. The van der Waals surface area contributed by atoms with E-state index in [1.807, 2.05) is 6.08 Å². The molecule has 0 N–H and O–H groups in total. The number of benzene rings is 4. The molecule has 0 fully saturated rings. The van der Waals surface area contributed by atoms with E-state index < -0.39 is 8.07 Å². The van der Waals surface area contributed by atoms with E-state index in [0.717, 1.165) is 53.2 Å². The van der Waals surface area contributed by atoms with E-state index in [0.29, 0.717) is 0 Å². The summed E-state index contributed by atoms with van der Waals surface area (Å²) in [7, 11) is -1.67. The first-order valence-corrected chi connectivity index (χ1v) is 27.1.